The van der Waals surface area contributed by atoms with Crippen LogP contribution in [0.5, 0.6) is 0 Å². The molecule has 5 nitrogen and oxygen atoms in total. The van der Waals surface area contributed by atoms with Crippen molar-refractivity contribution in [3.05, 3.63) is 47.0 Å². The number of amides is 1. The number of hydrogen-bond donors (Lipinski definition) is 1. The van der Waals surface area contributed by atoms with Gasteiger partial charge in [0.1, 0.15) is 5.82 Å². The Morgan fingerprint density at radius 1 is 1.06 bits per heavy atom. The molecule has 0 radical (unpaired) electrons. The van der Waals surface area contributed by atoms with E-state index in [-0.39, 0.29) is 11.3 Å². The molecular formula is C25H28N4OS. The normalized spacial score (nSPS) is 28.8. The van der Waals surface area contributed by atoms with Crippen LogP contribution < -0.4 is 5.32 Å². The summed E-state index contributed by atoms with van der Waals surface area (Å²) < 4.78 is 1.80. The van der Waals surface area contributed by atoms with E-state index in [1.54, 1.807) is 16.0 Å². The number of carbonyl (C=O) groups is 1. The van der Waals surface area contributed by atoms with Crippen molar-refractivity contribution in [3.63, 3.8) is 0 Å². The average molecular weight is 433 g/mol. The molecule has 1 amide bonds. The zero-order chi connectivity index (χ0) is 21.2. The largest absolute Gasteiger partial charge is 0.310 e. The Hall–Kier alpha value is -2.47. The summed E-state index contributed by atoms with van der Waals surface area (Å²) in [6.45, 7) is 4.05. The average Bonchev–Trinajstić information content (AvgIpc) is 3.34. The van der Waals surface area contributed by atoms with Gasteiger partial charge in [0.15, 0.2) is 0 Å². The first-order valence-electron chi connectivity index (χ1n) is 11.4. The molecule has 4 saturated carbocycles. The predicted molar refractivity (Wildman–Crippen MR) is 123 cm³/mol. The molecule has 0 atom stereocenters. The van der Waals surface area contributed by atoms with E-state index in [4.69, 9.17) is 4.98 Å². The van der Waals surface area contributed by atoms with E-state index in [0.717, 1.165) is 64.9 Å². The number of hydrogen-bond acceptors (Lipinski definition) is 4. The molecule has 1 aromatic carbocycles. The second-order valence-corrected chi connectivity index (χ2v) is 11.0. The Morgan fingerprint density at radius 3 is 2.35 bits per heavy atom. The lowest BCUT2D eigenvalue weighted by molar-refractivity contribution is -0.140. The standard InChI is InChI=1S/C25H28N4OS/c1-15-3-5-20(6-4-15)21-14-31-24(26-21)29-22(7-16(2)28-29)27-23(30)25-11-17-8-18(12-25)10-19(9-17)13-25/h3-7,14,17-19H,8-13H2,1-2H3,(H,27,30). The van der Waals surface area contributed by atoms with Crippen LogP contribution in [0, 0.1) is 37.0 Å². The van der Waals surface area contributed by atoms with Gasteiger partial charge in [0.2, 0.25) is 11.0 Å². The van der Waals surface area contributed by atoms with Crippen LogP contribution in [0.1, 0.15) is 49.8 Å². The van der Waals surface area contributed by atoms with E-state index < -0.39 is 0 Å². The van der Waals surface area contributed by atoms with Gasteiger partial charge in [-0.05, 0) is 70.1 Å². The van der Waals surface area contributed by atoms with Gasteiger partial charge < -0.3 is 5.32 Å². The highest BCUT2D eigenvalue weighted by Crippen LogP contribution is 2.60. The van der Waals surface area contributed by atoms with Crippen LogP contribution in [0.25, 0.3) is 16.4 Å². The van der Waals surface area contributed by atoms with Gasteiger partial charge in [-0.3, -0.25) is 4.79 Å². The number of nitrogens with zero attached hydrogens (tertiary/aromatic N) is 3. The minimum atomic E-state index is -0.173. The molecule has 2 aromatic heterocycles. The number of nitrogens with one attached hydrogen (secondary N) is 1. The molecule has 31 heavy (non-hydrogen) atoms. The topological polar surface area (TPSA) is 59.8 Å². The van der Waals surface area contributed by atoms with Crippen molar-refractivity contribution in [2.45, 2.75) is 52.4 Å². The molecule has 4 aliphatic rings. The minimum absolute atomic E-state index is 0.173. The van der Waals surface area contributed by atoms with Crippen molar-refractivity contribution in [1.82, 2.24) is 14.8 Å². The Labute approximate surface area is 186 Å². The maximum absolute atomic E-state index is 13.5. The molecule has 0 unspecified atom stereocenters. The number of carbonyl (C=O) groups excluding carboxylic acids is 1. The molecule has 6 heteroatoms. The molecule has 4 aliphatic carbocycles. The lowest BCUT2D eigenvalue weighted by Gasteiger charge is -2.55. The van der Waals surface area contributed by atoms with Gasteiger partial charge in [0.05, 0.1) is 16.8 Å². The highest BCUT2D eigenvalue weighted by molar-refractivity contribution is 7.12. The van der Waals surface area contributed by atoms with Gasteiger partial charge in [-0.1, -0.05) is 29.8 Å². The fourth-order valence-corrected chi connectivity index (χ4v) is 7.39. The lowest BCUT2D eigenvalue weighted by Crippen LogP contribution is -2.51. The fraction of sp³-hybridized carbons (Fsp3) is 0.480. The van der Waals surface area contributed by atoms with Crippen LogP contribution in [0.2, 0.25) is 0 Å². The quantitative estimate of drug-likeness (QED) is 0.569. The number of rotatable bonds is 4. The van der Waals surface area contributed by atoms with Crippen molar-refractivity contribution in [1.29, 1.82) is 0 Å². The highest BCUT2D eigenvalue weighted by Gasteiger charge is 2.54. The smallest absolute Gasteiger partial charge is 0.231 e. The zero-order valence-electron chi connectivity index (χ0n) is 18.1. The SMILES string of the molecule is Cc1ccc(-c2csc(-n3nc(C)cc3NC(=O)C34CC5CC(CC(C5)C3)C4)n2)cc1. The van der Waals surface area contributed by atoms with E-state index in [2.05, 4.69) is 47.0 Å². The van der Waals surface area contributed by atoms with Gasteiger partial charge in [-0.15, -0.1) is 11.3 Å². The monoisotopic (exact) mass is 432 g/mol. The summed E-state index contributed by atoms with van der Waals surface area (Å²) in [5.74, 6) is 3.19. The third kappa shape index (κ3) is 3.32. The summed E-state index contributed by atoms with van der Waals surface area (Å²) >= 11 is 1.55. The first kappa shape index (κ1) is 19.2. The van der Waals surface area contributed by atoms with E-state index in [9.17, 15) is 4.79 Å². The second kappa shape index (κ2) is 7.02. The molecule has 1 N–H and O–H groups in total. The lowest BCUT2D eigenvalue weighted by atomic mass is 9.49. The Kier molecular flexibility index (Phi) is 4.36. The molecule has 0 aliphatic heterocycles. The van der Waals surface area contributed by atoms with Crippen molar-refractivity contribution in [2.75, 3.05) is 5.32 Å². The molecule has 2 heterocycles. The summed E-state index contributed by atoms with van der Waals surface area (Å²) in [6, 6.07) is 10.4. The Balaban J connectivity index is 1.27. The molecule has 7 rings (SSSR count). The third-order valence-electron chi connectivity index (χ3n) is 7.61. The van der Waals surface area contributed by atoms with E-state index in [1.165, 1.54) is 24.8 Å². The van der Waals surface area contributed by atoms with Crippen LogP contribution in [0.3, 0.4) is 0 Å². The van der Waals surface area contributed by atoms with Gasteiger partial charge in [-0.25, -0.2) is 4.98 Å². The van der Waals surface area contributed by atoms with Crippen LogP contribution in [-0.2, 0) is 4.79 Å². The van der Waals surface area contributed by atoms with Crippen molar-refractivity contribution in [2.24, 2.45) is 23.2 Å². The second-order valence-electron chi connectivity index (χ2n) is 10.1. The van der Waals surface area contributed by atoms with E-state index in [1.807, 2.05) is 13.0 Å². The summed E-state index contributed by atoms with van der Waals surface area (Å²) in [4.78, 5) is 18.4. The molecule has 160 valence electrons. The molecule has 3 aromatic rings. The maximum Gasteiger partial charge on any atom is 0.231 e. The third-order valence-corrected chi connectivity index (χ3v) is 8.43. The van der Waals surface area contributed by atoms with Crippen molar-refractivity contribution < 1.29 is 4.79 Å². The number of aryl methyl sites for hydroxylation is 2. The minimum Gasteiger partial charge on any atom is -0.310 e. The number of benzene rings is 1. The zero-order valence-corrected chi connectivity index (χ0v) is 18.9. The predicted octanol–water partition coefficient (Wildman–Crippen LogP) is 5.77. The first-order chi connectivity index (χ1) is 15.0. The molecule has 0 spiro atoms. The molecule has 0 saturated heterocycles. The van der Waals surface area contributed by atoms with Gasteiger partial charge in [-0.2, -0.15) is 9.78 Å². The van der Waals surface area contributed by atoms with Crippen LogP contribution in [-0.4, -0.2) is 20.7 Å². The highest BCUT2D eigenvalue weighted by atomic mass is 32.1. The maximum atomic E-state index is 13.5. The van der Waals surface area contributed by atoms with E-state index >= 15 is 0 Å². The van der Waals surface area contributed by atoms with Crippen LogP contribution in [0.4, 0.5) is 5.82 Å². The summed E-state index contributed by atoms with van der Waals surface area (Å²) in [5, 5.41) is 10.8. The number of thiazole rings is 1. The molecule has 4 fully saturated rings. The Morgan fingerprint density at radius 2 is 1.71 bits per heavy atom. The number of aromatic nitrogens is 3. The Bertz CT molecular complexity index is 1110. The molecule has 4 bridgehead atoms. The van der Waals surface area contributed by atoms with E-state index in [0.29, 0.717) is 0 Å². The number of anilines is 1. The van der Waals surface area contributed by atoms with Crippen LogP contribution >= 0.6 is 11.3 Å². The van der Waals surface area contributed by atoms with Gasteiger partial charge >= 0.3 is 0 Å². The summed E-state index contributed by atoms with van der Waals surface area (Å²) in [6.07, 6.45) is 7.20. The van der Waals surface area contributed by atoms with Gasteiger partial charge in [0, 0.05) is 17.0 Å². The first-order valence-corrected chi connectivity index (χ1v) is 12.3. The summed E-state index contributed by atoms with van der Waals surface area (Å²) in [5.41, 5.74) is 3.97. The summed E-state index contributed by atoms with van der Waals surface area (Å²) in [7, 11) is 0. The van der Waals surface area contributed by atoms with Gasteiger partial charge in [0.25, 0.3) is 0 Å². The molecular weight excluding hydrogens is 404 g/mol. The van der Waals surface area contributed by atoms with Crippen LogP contribution in [0.15, 0.2) is 35.7 Å². The van der Waals surface area contributed by atoms with Crippen molar-refractivity contribution in [3.8, 4) is 16.4 Å². The van der Waals surface area contributed by atoms with Crippen molar-refractivity contribution >= 4 is 23.1 Å². The fourth-order valence-electron chi connectivity index (χ4n) is 6.59.